The largest absolute Gasteiger partial charge is 0.404 e. The van der Waals surface area contributed by atoms with Crippen LogP contribution in [0.5, 0.6) is 0 Å². The van der Waals surface area contributed by atoms with Crippen LogP contribution in [-0.4, -0.2) is 63.0 Å². The highest BCUT2D eigenvalue weighted by molar-refractivity contribution is 6.16. The first-order valence-corrected chi connectivity index (χ1v) is 10.9. The quantitative estimate of drug-likeness (QED) is 0.379. The number of ether oxygens (including phenoxy) is 1. The number of cyclic esters (lactones) is 1. The molecule has 160 valence electrons. The Bertz CT molecular complexity index is 851. The van der Waals surface area contributed by atoms with Gasteiger partial charge in [0.25, 0.3) is 6.23 Å². The van der Waals surface area contributed by atoms with Crippen LogP contribution in [0, 0.1) is 11.3 Å². The van der Waals surface area contributed by atoms with Crippen LogP contribution in [0.25, 0.3) is 0 Å². The van der Waals surface area contributed by atoms with E-state index in [1.165, 1.54) is 9.80 Å². The van der Waals surface area contributed by atoms with Crippen LogP contribution in [-0.2, 0) is 14.3 Å². The molecule has 7 nitrogen and oxygen atoms in total. The van der Waals surface area contributed by atoms with Crippen molar-refractivity contribution < 1.29 is 28.9 Å². The first-order chi connectivity index (χ1) is 14.3. The maximum absolute atomic E-state index is 12.2. The van der Waals surface area contributed by atoms with Gasteiger partial charge in [0.2, 0.25) is 0 Å². The monoisotopic (exact) mass is 413 g/mol. The molecule has 30 heavy (non-hydrogen) atoms. The lowest BCUT2D eigenvalue weighted by molar-refractivity contribution is -1.04. The third-order valence-electron chi connectivity index (χ3n) is 6.51. The second-order valence-corrected chi connectivity index (χ2v) is 9.51. The molecule has 0 amide bonds. The van der Waals surface area contributed by atoms with Crippen LogP contribution in [0.3, 0.4) is 0 Å². The summed E-state index contributed by atoms with van der Waals surface area (Å²) in [6.45, 7) is 9.25. The van der Waals surface area contributed by atoms with E-state index in [9.17, 15) is 14.4 Å². The Morgan fingerprint density at radius 3 is 2.43 bits per heavy atom. The smallest absolute Gasteiger partial charge is 0.343 e. The van der Waals surface area contributed by atoms with Gasteiger partial charge in [-0.15, -0.1) is 0 Å². The van der Waals surface area contributed by atoms with E-state index in [1.54, 1.807) is 6.21 Å². The maximum Gasteiger partial charge on any atom is 0.343 e. The molecule has 4 rings (SSSR count). The number of esters is 1. The molecule has 0 unspecified atom stereocenters. The standard InChI is InChI=1S/C23H29N3O4/c1-23(2)13-19(27)18(20(28)14-23)15-24-7-8-25-9-11-26(12-10-25)21-16-5-3-4-6-17(16)22(29)30-21/h3-6,15,18,21H,7-14H2,1-2H3/p+2/t21-/m1/s1. The number of benzene rings is 1. The minimum absolute atomic E-state index is 0.00375. The van der Waals surface area contributed by atoms with Gasteiger partial charge >= 0.3 is 5.97 Å². The van der Waals surface area contributed by atoms with Gasteiger partial charge in [0.15, 0.2) is 0 Å². The lowest BCUT2D eigenvalue weighted by atomic mass is 9.72. The van der Waals surface area contributed by atoms with Gasteiger partial charge in [-0.25, -0.2) is 4.79 Å². The zero-order valence-electron chi connectivity index (χ0n) is 17.8. The van der Waals surface area contributed by atoms with Gasteiger partial charge in [-0.1, -0.05) is 26.0 Å². The van der Waals surface area contributed by atoms with Gasteiger partial charge in [-0.05, 0) is 17.5 Å². The van der Waals surface area contributed by atoms with Crippen LogP contribution in [0.4, 0.5) is 0 Å². The van der Waals surface area contributed by atoms with Gasteiger partial charge in [-0.2, -0.15) is 0 Å². The molecule has 1 aromatic rings. The number of piperazine rings is 1. The SMILES string of the molecule is CC1(C)CC(=O)C(C=NCC[NH+]2CC[NH+]([C@@H]3OC(=O)c4ccccc43)CC2)C(=O)C1. The van der Waals surface area contributed by atoms with Gasteiger partial charge in [-0.3, -0.25) is 19.5 Å². The Hall–Kier alpha value is -2.38. The van der Waals surface area contributed by atoms with Crippen LogP contribution in [0.1, 0.15) is 48.8 Å². The van der Waals surface area contributed by atoms with Crippen molar-refractivity contribution in [3.63, 3.8) is 0 Å². The topological polar surface area (TPSA) is 81.7 Å². The number of carbonyl (C=O) groups is 3. The highest BCUT2D eigenvalue weighted by Gasteiger charge is 2.40. The highest BCUT2D eigenvalue weighted by Crippen LogP contribution is 2.33. The molecular formula is C23H31N3O4+2. The molecule has 2 heterocycles. The van der Waals surface area contributed by atoms with Crippen molar-refractivity contribution in [2.75, 3.05) is 39.3 Å². The molecular weight excluding hydrogens is 382 g/mol. The number of aliphatic imine (C=N–C) groups is 1. The summed E-state index contributed by atoms with van der Waals surface area (Å²) in [5.41, 5.74) is 1.46. The fourth-order valence-corrected chi connectivity index (χ4v) is 4.86. The fourth-order valence-electron chi connectivity index (χ4n) is 4.86. The second-order valence-electron chi connectivity index (χ2n) is 9.51. The van der Waals surface area contributed by atoms with Crippen molar-refractivity contribution in [3.8, 4) is 0 Å². The fraction of sp³-hybridized carbons (Fsp3) is 0.565. The Morgan fingerprint density at radius 2 is 1.73 bits per heavy atom. The van der Waals surface area contributed by atoms with E-state index in [2.05, 4.69) is 4.99 Å². The first kappa shape index (κ1) is 20.9. The van der Waals surface area contributed by atoms with Gasteiger partial charge in [0.1, 0.15) is 43.7 Å². The van der Waals surface area contributed by atoms with E-state index in [-0.39, 0.29) is 29.2 Å². The molecule has 0 spiro atoms. The summed E-state index contributed by atoms with van der Waals surface area (Å²) in [4.78, 5) is 43.7. The lowest BCUT2D eigenvalue weighted by Gasteiger charge is -2.32. The molecule has 3 aliphatic rings. The van der Waals surface area contributed by atoms with Gasteiger partial charge < -0.3 is 9.64 Å². The average molecular weight is 414 g/mol. The van der Waals surface area contributed by atoms with Crippen molar-refractivity contribution in [3.05, 3.63) is 35.4 Å². The summed E-state index contributed by atoms with van der Waals surface area (Å²) >= 11 is 0. The molecule has 1 atom stereocenters. The molecule has 1 aliphatic carbocycles. The predicted octanol–water partition coefficient (Wildman–Crippen LogP) is -0.716. The molecule has 1 saturated carbocycles. The molecule has 2 N–H and O–H groups in total. The molecule has 2 aliphatic heterocycles. The molecule has 2 fully saturated rings. The van der Waals surface area contributed by atoms with Crippen molar-refractivity contribution in [2.45, 2.75) is 32.9 Å². The summed E-state index contributed by atoms with van der Waals surface area (Å²) in [5, 5.41) is 0. The summed E-state index contributed by atoms with van der Waals surface area (Å²) in [7, 11) is 0. The number of quaternary nitrogens is 2. The highest BCUT2D eigenvalue weighted by atomic mass is 16.6. The van der Waals surface area contributed by atoms with Crippen LogP contribution in [0.15, 0.2) is 29.3 Å². The van der Waals surface area contributed by atoms with E-state index < -0.39 is 5.92 Å². The lowest BCUT2D eigenvalue weighted by Crippen LogP contribution is -3.28. The summed E-state index contributed by atoms with van der Waals surface area (Å²) in [6, 6.07) is 7.64. The number of carbonyl (C=O) groups excluding carboxylic acids is 3. The molecule has 0 aromatic heterocycles. The maximum atomic E-state index is 12.2. The van der Waals surface area contributed by atoms with E-state index in [1.807, 2.05) is 38.1 Å². The van der Waals surface area contributed by atoms with Crippen molar-refractivity contribution in [2.24, 2.45) is 16.3 Å². The summed E-state index contributed by atoms with van der Waals surface area (Å²) < 4.78 is 5.63. The first-order valence-electron chi connectivity index (χ1n) is 10.9. The predicted molar refractivity (Wildman–Crippen MR) is 111 cm³/mol. The normalized spacial score (nSPS) is 29.3. The third kappa shape index (κ3) is 4.37. The van der Waals surface area contributed by atoms with E-state index in [0.717, 1.165) is 38.3 Å². The Morgan fingerprint density at radius 1 is 1.07 bits per heavy atom. The molecule has 0 bridgehead atoms. The zero-order valence-corrected chi connectivity index (χ0v) is 17.8. The van der Waals surface area contributed by atoms with Gasteiger partial charge in [0.05, 0.1) is 24.2 Å². The van der Waals surface area contributed by atoms with Gasteiger partial charge in [0, 0.05) is 19.1 Å². The Balaban J connectivity index is 1.23. The van der Waals surface area contributed by atoms with E-state index >= 15 is 0 Å². The summed E-state index contributed by atoms with van der Waals surface area (Å²) in [5.74, 6) is -0.874. The van der Waals surface area contributed by atoms with E-state index in [4.69, 9.17) is 4.74 Å². The van der Waals surface area contributed by atoms with Crippen molar-refractivity contribution in [1.29, 1.82) is 0 Å². The number of rotatable bonds is 5. The molecule has 7 heteroatoms. The average Bonchev–Trinajstić information content (AvgIpc) is 3.03. The molecule has 1 aromatic carbocycles. The minimum atomic E-state index is -0.647. The van der Waals surface area contributed by atoms with Crippen molar-refractivity contribution in [1.82, 2.24) is 0 Å². The zero-order chi connectivity index (χ0) is 21.3. The number of nitrogens with one attached hydrogen (secondary N) is 2. The van der Waals surface area contributed by atoms with Crippen molar-refractivity contribution >= 4 is 23.8 Å². The number of nitrogens with zero attached hydrogens (tertiary/aromatic N) is 1. The number of ketones is 2. The number of fused-ring (bicyclic) bond motifs is 1. The molecule has 1 saturated heterocycles. The number of hydrogen-bond donors (Lipinski definition) is 2. The van der Waals surface area contributed by atoms with Crippen LogP contribution >= 0.6 is 0 Å². The number of Topliss-reactive ketones (excluding diaryl/α,β-unsaturated/α-hetero) is 2. The number of hydrogen-bond acceptors (Lipinski definition) is 5. The van der Waals surface area contributed by atoms with Crippen LogP contribution in [0.2, 0.25) is 0 Å². The molecule has 0 radical (unpaired) electrons. The van der Waals surface area contributed by atoms with Crippen LogP contribution < -0.4 is 9.80 Å². The second kappa shape index (κ2) is 8.40. The Kier molecular flexibility index (Phi) is 5.84. The summed E-state index contributed by atoms with van der Waals surface area (Å²) in [6.07, 6.45) is 2.27. The third-order valence-corrected chi connectivity index (χ3v) is 6.51. The van der Waals surface area contributed by atoms with E-state index in [0.29, 0.717) is 24.9 Å². The Labute approximate surface area is 177 Å². The minimum Gasteiger partial charge on any atom is -0.404 e.